The lowest BCUT2D eigenvalue weighted by Crippen LogP contribution is -2.43. The van der Waals surface area contributed by atoms with Crippen LogP contribution in [0.4, 0.5) is 0 Å². The van der Waals surface area contributed by atoms with Crippen molar-refractivity contribution in [3.8, 4) is 0 Å². The Balaban J connectivity index is 1.70. The lowest BCUT2D eigenvalue weighted by Gasteiger charge is -2.33. The molecule has 1 fully saturated rings. The molecule has 0 aromatic carbocycles. The van der Waals surface area contributed by atoms with Gasteiger partial charge in [0.15, 0.2) is 0 Å². The summed E-state index contributed by atoms with van der Waals surface area (Å²) in [5.74, 6) is 0. The highest BCUT2D eigenvalue weighted by atomic mass is 32.1. The molecule has 1 atom stereocenters. The van der Waals surface area contributed by atoms with Crippen LogP contribution in [0.25, 0.3) is 0 Å². The summed E-state index contributed by atoms with van der Waals surface area (Å²) in [6, 6.07) is 1.06. The van der Waals surface area contributed by atoms with Crippen molar-refractivity contribution in [2.45, 2.75) is 51.6 Å². The zero-order chi connectivity index (χ0) is 12.8. The molecule has 102 valence electrons. The highest BCUT2D eigenvalue weighted by molar-refractivity contribution is 7.07. The third-order valence-corrected chi connectivity index (χ3v) is 4.40. The molecule has 4 heteroatoms. The molecule has 0 aliphatic carbocycles. The summed E-state index contributed by atoms with van der Waals surface area (Å²) in [5, 5.41) is 5.86. The first kappa shape index (κ1) is 14.0. The Morgan fingerprint density at radius 3 is 2.89 bits per heavy atom. The largest absolute Gasteiger partial charge is 0.306 e. The Labute approximate surface area is 115 Å². The minimum atomic E-state index is 0.392. The van der Waals surface area contributed by atoms with Crippen LogP contribution in [0.3, 0.4) is 0 Å². The molecular weight excluding hydrogens is 242 g/mol. The van der Waals surface area contributed by atoms with Gasteiger partial charge in [-0.1, -0.05) is 13.3 Å². The summed E-state index contributed by atoms with van der Waals surface area (Å²) in [6.07, 6.45) is 5.20. The molecule has 1 aromatic rings. The highest BCUT2D eigenvalue weighted by Crippen LogP contribution is 2.17. The first-order chi connectivity index (χ1) is 8.79. The molecule has 0 amide bonds. The topological polar surface area (TPSA) is 28.2 Å². The van der Waals surface area contributed by atoms with Crippen molar-refractivity contribution in [1.82, 2.24) is 15.2 Å². The zero-order valence-corrected chi connectivity index (χ0v) is 12.4. The summed E-state index contributed by atoms with van der Waals surface area (Å²) in [4.78, 5) is 6.99. The predicted molar refractivity (Wildman–Crippen MR) is 78.0 cm³/mol. The highest BCUT2D eigenvalue weighted by Gasteiger charge is 2.20. The average molecular weight is 267 g/mol. The van der Waals surface area contributed by atoms with Crippen molar-refractivity contribution < 1.29 is 0 Å². The molecule has 3 nitrogen and oxygen atoms in total. The molecular formula is C14H25N3S. The molecule has 1 aliphatic heterocycles. The van der Waals surface area contributed by atoms with Crippen molar-refractivity contribution in [1.29, 1.82) is 0 Å². The van der Waals surface area contributed by atoms with E-state index in [0.717, 1.165) is 0 Å². The fourth-order valence-corrected chi connectivity index (χ4v) is 3.23. The number of likely N-dealkylation sites (tertiary alicyclic amines) is 1. The van der Waals surface area contributed by atoms with E-state index in [1.165, 1.54) is 51.0 Å². The SMILES string of the molecule is CCCCN1CCC(NC(C)c2cscn2)CC1. The minimum Gasteiger partial charge on any atom is -0.306 e. The molecule has 0 bridgehead atoms. The van der Waals surface area contributed by atoms with E-state index >= 15 is 0 Å². The number of unbranched alkanes of at least 4 members (excludes halogenated alkanes) is 1. The van der Waals surface area contributed by atoms with Gasteiger partial charge in [-0.15, -0.1) is 11.3 Å². The molecule has 0 saturated carbocycles. The lowest BCUT2D eigenvalue weighted by atomic mass is 10.0. The van der Waals surface area contributed by atoms with E-state index < -0.39 is 0 Å². The second-order valence-electron chi connectivity index (χ2n) is 5.27. The van der Waals surface area contributed by atoms with Crippen LogP contribution in [0.2, 0.25) is 0 Å². The first-order valence-electron chi connectivity index (χ1n) is 7.16. The van der Waals surface area contributed by atoms with Crippen molar-refractivity contribution in [2.75, 3.05) is 19.6 Å². The molecule has 1 N–H and O–H groups in total. The number of hydrogen-bond acceptors (Lipinski definition) is 4. The smallest absolute Gasteiger partial charge is 0.0795 e. The van der Waals surface area contributed by atoms with E-state index in [4.69, 9.17) is 0 Å². The molecule has 1 unspecified atom stereocenters. The van der Waals surface area contributed by atoms with Gasteiger partial charge in [0.05, 0.1) is 11.2 Å². The Morgan fingerprint density at radius 2 is 2.28 bits per heavy atom. The fourth-order valence-electron chi connectivity index (χ4n) is 2.58. The van der Waals surface area contributed by atoms with Crippen molar-refractivity contribution in [3.05, 3.63) is 16.6 Å². The van der Waals surface area contributed by atoms with Crippen molar-refractivity contribution in [3.63, 3.8) is 0 Å². The third-order valence-electron chi connectivity index (χ3n) is 3.80. The number of nitrogens with zero attached hydrogens (tertiary/aromatic N) is 2. The molecule has 1 aliphatic rings. The second kappa shape index (κ2) is 7.22. The standard InChI is InChI=1S/C14H25N3S/c1-3-4-7-17-8-5-13(6-9-17)16-12(2)14-10-18-11-15-14/h10-13,16H,3-9H2,1-2H3. The van der Waals surface area contributed by atoms with Gasteiger partial charge < -0.3 is 10.2 Å². The molecule has 0 radical (unpaired) electrons. The number of nitrogens with one attached hydrogen (secondary N) is 1. The fraction of sp³-hybridized carbons (Fsp3) is 0.786. The van der Waals surface area contributed by atoms with Crippen LogP contribution in [-0.4, -0.2) is 35.6 Å². The molecule has 0 spiro atoms. The minimum absolute atomic E-state index is 0.392. The van der Waals surface area contributed by atoms with Crippen LogP contribution >= 0.6 is 11.3 Å². The molecule has 2 rings (SSSR count). The number of aromatic nitrogens is 1. The molecule has 2 heterocycles. The monoisotopic (exact) mass is 267 g/mol. The van der Waals surface area contributed by atoms with Gasteiger partial charge in [-0.25, -0.2) is 4.98 Å². The van der Waals surface area contributed by atoms with E-state index in [-0.39, 0.29) is 0 Å². The van der Waals surface area contributed by atoms with E-state index in [9.17, 15) is 0 Å². The van der Waals surface area contributed by atoms with Gasteiger partial charge in [0.25, 0.3) is 0 Å². The van der Waals surface area contributed by atoms with Gasteiger partial charge in [-0.3, -0.25) is 0 Å². The van der Waals surface area contributed by atoms with Crippen molar-refractivity contribution in [2.24, 2.45) is 0 Å². The summed E-state index contributed by atoms with van der Waals surface area (Å²) < 4.78 is 0. The first-order valence-corrected chi connectivity index (χ1v) is 8.10. The normalized spacial score (nSPS) is 20.1. The van der Waals surface area contributed by atoms with Crippen LogP contribution in [0, 0.1) is 0 Å². The van der Waals surface area contributed by atoms with Crippen LogP contribution < -0.4 is 5.32 Å². The maximum absolute atomic E-state index is 4.38. The van der Waals surface area contributed by atoms with E-state index in [1.54, 1.807) is 11.3 Å². The average Bonchev–Trinajstić information content (AvgIpc) is 2.92. The van der Waals surface area contributed by atoms with Crippen LogP contribution in [-0.2, 0) is 0 Å². The Hall–Kier alpha value is -0.450. The van der Waals surface area contributed by atoms with Crippen molar-refractivity contribution >= 4 is 11.3 Å². The quantitative estimate of drug-likeness (QED) is 0.858. The molecule has 18 heavy (non-hydrogen) atoms. The number of hydrogen-bond donors (Lipinski definition) is 1. The third kappa shape index (κ3) is 4.04. The second-order valence-corrected chi connectivity index (χ2v) is 5.99. The Kier molecular flexibility index (Phi) is 5.60. The summed E-state index contributed by atoms with van der Waals surface area (Å²) in [5.41, 5.74) is 3.11. The van der Waals surface area contributed by atoms with E-state index in [1.807, 2.05) is 5.51 Å². The van der Waals surface area contributed by atoms with Gasteiger partial charge in [0.2, 0.25) is 0 Å². The summed E-state index contributed by atoms with van der Waals surface area (Å²) in [7, 11) is 0. The summed E-state index contributed by atoms with van der Waals surface area (Å²) in [6.45, 7) is 8.27. The lowest BCUT2D eigenvalue weighted by molar-refractivity contribution is 0.190. The van der Waals surface area contributed by atoms with Gasteiger partial charge in [0.1, 0.15) is 0 Å². The number of piperidine rings is 1. The van der Waals surface area contributed by atoms with Gasteiger partial charge in [-0.05, 0) is 45.8 Å². The number of rotatable bonds is 6. The Bertz CT molecular complexity index is 318. The maximum Gasteiger partial charge on any atom is 0.0795 e. The van der Waals surface area contributed by atoms with E-state index in [2.05, 4.69) is 34.4 Å². The van der Waals surface area contributed by atoms with Gasteiger partial charge >= 0.3 is 0 Å². The maximum atomic E-state index is 4.38. The predicted octanol–water partition coefficient (Wildman–Crippen LogP) is 3.06. The Morgan fingerprint density at radius 1 is 1.50 bits per heavy atom. The molecule has 1 saturated heterocycles. The van der Waals surface area contributed by atoms with Crippen LogP contribution in [0.5, 0.6) is 0 Å². The van der Waals surface area contributed by atoms with Gasteiger partial charge in [-0.2, -0.15) is 0 Å². The summed E-state index contributed by atoms with van der Waals surface area (Å²) >= 11 is 1.68. The van der Waals surface area contributed by atoms with E-state index in [0.29, 0.717) is 12.1 Å². The van der Waals surface area contributed by atoms with Crippen LogP contribution in [0.15, 0.2) is 10.9 Å². The van der Waals surface area contributed by atoms with Gasteiger partial charge in [0, 0.05) is 17.5 Å². The van der Waals surface area contributed by atoms with Crippen LogP contribution in [0.1, 0.15) is 51.3 Å². The number of thiazole rings is 1. The zero-order valence-electron chi connectivity index (χ0n) is 11.6. The molecule has 1 aromatic heterocycles.